The highest BCUT2D eigenvalue weighted by atomic mass is 35.5. The molecule has 0 saturated carbocycles. The molecule has 4 rings (SSSR count). The third-order valence-electron chi connectivity index (χ3n) is 4.82. The Morgan fingerprint density at radius 2 is 1.64 bits per heavy atom. The molecule has 1 aliphatic heterocycles. The first-order chi connectivity index (χ1) is 13.5. The van der Waals surface area contributed by atoms with Crippen LogP contribution in [0.3, 0.4) is 0 Å². The fraction of sp³-hybridized carbons (Fsp3) is 0.250. The number of furan rings is 1. The van der Waals surface area contributed by atoms with E-state index in [4.69, 9.17) is 16.0 Å². The first-order valence-corrected chi connectivity index (χ1v) is 9.33. The molecule has 1 saturated heterocycles. The van der Waals surface area contributed by atoms with Crippen LogP contribution < -0.4 is 0 Å². The number of benzene rings is 1. The Morgan fingerprint density at radius 1 is 1.00 bits per heavy atom. The molecule has 1 aliphatic rings. The minimum atomic E-state index is -0.153. The van der Waals surface area contributed by atoms with Gasteiger partial charge in [0.05, 0.1) is 12.0 Å². The quantitative estimate of drug-likeness (QED) is 0.680. The summed E-state index contributed by atoms with van der Waals surface area (Å²) in [6, 6.07) is 12.5. The molecule has 0 spiro atoms. The van der Waals surface area contributed by atoms with Gasteiger partial charge in [-0.05, 0) is 35.9 Å². The molecule has 2 amide bonds. The standard InChI is InChI=1S/C20H19ClN4O3/c1-23-17(14-4-6-15(21)7-5-14)13-16(22-23)19(26)24-8-10-25(11-9-24)20(27)18-3-2-12-28-18/h2-7,12-13H,8-11H2,1H3. The average molecular weight is 399 g/mol. The number of carbonyl (C=O) groups is 2. The molecule has 28 heavy (non-hydrogen) atoms. The number of aromatic nitrogens is 2. The fourth-order valence-electron chi connectivity index (χ4n) is 3.29. The van der Waals surface area contributed by atoms with Crippen molar-refractivity contribution in [2.45, 2.75) is 0 Å². The second-order valence-electron chi connectivity index (χ2n) is 6.61. The summed E-state index contributed by atoms with van der Waals surface area (Å²) in [6.45, 7) is 1.83. The number of hydrogen-bond acceptors (Lipinski definition) is 4. The van der Waals surface area contributed by atoms with Crippen LogP contribution in [0.15, 0.2) is 53.1 Å². The van der Waals surface area contributed by atoms with Crippen molar-refractivity contribution in [3.05, 3.63) is 65.2 Å². The van der Waals surface area contributed by atoms with Gasteiger partial charge in [-0.1, -0.05) is 23.7 Å². The second-order valence-corrected chi connectivity index (χ2v) is 7.04. The molecule has 3 heterocycles. The van der Waals surface area contributed by atoms with E-state index in [0.29, 0.717) is 42.7 Å². The van der Waals surface area contributed by atoms with E-state index in [0.717, 1.165) is 11.3 Å². The Labute approximate surface area is 167 Å². The minimum absolute atomic E-state index is 0.138. The Bertz CT molecular complexity index is 987. The highest BCUT2D eigenvalue weighted by Gasteiger charge is 2.28. The van der Waals surface area contributed by atoms with Crippen molar-refractivity contribution in [3.63, 3.8) is 0 Å². The SMILES string of the molecule is Cn1nc(C(=O)N2CCN(C(=O)c3ccco3)CC2)cc1-c1ccc(Cl)cc1. The number of piperazine rings is 1. The maximum absolute atomic E-state index is 12.9. The molecular weight excluding hydrogens is 380 g/mol. The Hall–Kier alpha value is -3.06. The van der Waals surface area contributed by atoms with Crippen molar-refractivity contribution in [1.29, 1.82) is 0 Å². The van der Waals surface area contributed by atoms with E-state index in [9.17, 15) is 9.59 Å². The van der Waals surface area contributed by atoms with Gasteiger partial charge in [-0.15, -0.1) is 0 Å². The normalized spacial score (nSPS) is 14.4. The summed E-state index contributed by atoms with van der Waals surface area (Å²) in [5, 5.41) is 5.03. The molecule has 0 aliphatic carbocycles. The molecule has 7 nitrogen and oxygen atoms in total. The van der Waals surface area contributed by atoms with Gasteiger partial charge >= 0.3 is 0 Å². The van der Waals surface area contributed by atoms with Crippen molar-refractivity contribution >= 4 is 23.4 Å². The summed E-state index contributed by atoms with van der Waals surface area (Å²) in [5.74, 6) is 0.0259. The van der Waals surface area contributed by atoms with Crippen molar-refractivity contribution in [1.82, 2.24) is 19.6 Å². The lowest BCUT2D eigenvalue weighted by atomic mass is 10.1. The summed E-state index contributed by atoms with van der Waals surface area (Å²) in [7, 11) is 1.81. The average Bonchev–Trinajstić information content (AvgIpc) is 3.38. The molecule has 144 valence electrons. The highest BCUT2D eigenvalue weighted by Crippen LogP contribution is 2.23. The molecule has 0 atom stereocenters. The third-order valence-corrected chi connectivity index (χ3v) is 5.08. The van der Waals surface area contributed by atoms with Crippen LogP contribution >= 0.6 is 11.6 Å². The Kier molecular flexibility index (Phi) is 4.92. The van der Waals surface area contributed by atoms with Gasteiger partial charge in [-0.2, -0.15) is 5.10 Å². The number of nitrogens with zero attached hydrogens (tertiary/aromatic N) is 4. The third kappa shape index (κ3) is 3.53. The summed E-state index contributed by atoms with van der Waals surface area (Å²) in [5.41, 5.74) is 2.16. The number of amides is 2. The zero-order chi connectivity index (χ0) is 19.7. The molecule has 0 unspecified atom stereocenters. The van der Waals surface area contributed by atoms with Gasteiger partial charge < -0.3 is 14.2 Å². The molecule has 8 heteroatoms. The van der Waals surface area contributed by atoms with Crippen LogP contribution in [0.25, 0.3) is 11.3 Å². The van der Waals surface area contributed by atoms with Crippen LogP contribution in [0.1, 0.15) is 21.0 Å². The van der Waals surface area contributed by atoms with E-state index in [-0.39, 0.29) is 11.8 Å². The van der Waals surface area contributed by atoms with E-state index >= 15 is 0 Å². The number of carbonyl (C=O) groups excluding carboxylic acids is 2. The predicted octanol–water partition coefficient (Wildman–Crippen LogP) is 2.93. The van der Waals surface area contributed by atoms with E-state index in [1.54, 1.807) is 51.9 Å². The number of aryl methyl sites for hydroxylation is 1. The van der Waals surface area contributed by atoms with E-state index in [1.807, 2.05) is 12.1 Å². The van der Waals surface area contributed by atoms with Crippen LogP contribution in [0.5, 0.6) is 0 Å². The van der Waals surface area contributed by atoms with Gasteiger partial charge in [0, 0.05) is 38.2 Å². The first-order valence-electron chi connectivity index (χ1n) is 8.95. The number of halogens is 1. The minimum Gasteiger partial charge on any atom is -0.459 e. The largest absolute Gasteiger partial charge is 0.459 e. The van der Waals surface area contributed by atoms with E-state index in [1.165, 1.54) is 6.26 Å². The molecule has 0 bridgehead atoms. The summed E-state index contributed by atoms with van der Waals surface area (Å²) in [6.07, 6.45) is 1.48. The monoisotopic (exact) mass is 398 g/mol. The summed E-state index contributed by atoms with van der Waals surface area (Å²) >= 11 is 5.95. The van der Waals surface area contributed by atoms with Crippen molar-refractivity contribution in [3.8, 4) is 11.3 Å². The van der Waals surface area contributed by atoms with Gasteiger partial charge in [0.2, 0.25) is 0 Å². The fourth-order valence-corrected chi connectivity index (χ4v) is 3.42. The van der Waals surface area contributed by atoms with E-state index < -0.39 is 0 Å². The van der Waals surface area contributed by atoms with Gasteiger partial charge in [0.25, 0.3) is 11.8 Å². The van der Waals surface area contributed by atoms with Crippen LogP contribution in [-0.2, 0) is 7.05 Å². The van der Waals surface area contributed by atoms with E-state index in [2.05, 4.69) is 5.10 Å². The molecule has 0 radical (unpaired) electrons. The lowest BCUT2D eigenvalue weighted by Crippen LogP contribution is -2.50. The lowest BCUT2D eigenvalue weighted by Gasteiger charge is -2.33. The van der Waals surface area contributed by atoms with Crippen LogP contribution in [0, 0.1) is 0 Å². The number of hydrogen-bond donors (Lipinski definition) is 0. The van der Waals surface area contributed by atoms with Crippen molar-refractivity contribution in [2.24, 2.45) is 7.05 Å². The first kappa shape index (κ1) is 18.3. The Balaban J connectivity index is 1.44. The predicted molar refractivity (Wildman–Crippen MR) is 104 cm³/mol. The van der Waals surface area contributed by atoms with Gasteiger partial charge in [-0.25, -0.2) is 0 Å². The summed E-state index contributed by atoms with van der Waals surface area (Å²) in [4.78, 5) is 28.6. The van der Waals surface area contributed by atoms with Gasteiger partial charge in [-0.3, -0.25) is 14.3 Å². The molecule has 1 fully saturated rings. The highest BCUT2D eigenvalue weighted by molar-refractivity contribution is 6.30. The zero-order valence-corrected chi connectivity index (χ0v) is 16.1. The van der Waals surface area contributed by atoms with Crippen LogP contribution in [0.2, 0.25) is 5.02 Å². The Morgan fingerprint density at radius 3 is 2.25 bits per heavy atom. The maximum atomic E-state index is 12.9. The maximum Gasteiger partial charge on any atom is 0.289 e. The van der Waals surface area contributed by atoms with Crippen molar-refractivity contribution in [2.75, 3.05) is 26.2 Å². The van der Waals surface area contributed by atoms with Crippen LogP contribution in [-0.4, -0.2) is 57.6 Å². The molecule has 3 aromatic rings. The molecule has 2 aromatic heterocycles. The van der Waals surface area contributed by atoms with Crippen LogP contribution in [0.4, 0.5) is 0 Å². The zero-order valence-electron chi connectivity index (χ0n) is 15.3. The molecule has 0 N–H and O–H groups in total. The van der Waals surface area contributed by atoms with Gasteiger partial charge in [0.1, 0.15) is 0 Å². The lowest BCUT2D eigenvalue weighted by molar-refractivity contribution is 0.0515. The van der Waals surface area contributed by atoms with Gasteiger partial charge in [0.15, 0.2) is 11.5 Å². The topological polar surface area (TPSA) is 71.6 Å². The smallest absolute Gasteiger partial charge is 0.289 e. The summed E-state index contributed by atoms with van der Waals surface area (Å²) < 4.78 is 6.85. The number of rotatable bonds is 3. The van der Waals surface area contributed by atoms with Crippen molar-refractivity contribution < 1.29 is 14.0 Å². The molecule has 1 aromatic carbocycles. The second kappa shape index (κ2) is 7.52. The molecular formula is C20H19ClN4O3.